The minimum absolute atomic E-state index is 0.0175. The number of piperidine rings is 1. The zero-order valence-corrected chi connectivity index (χ0v) is 12.8. The van der Waals surface area contributed by atoms with Crippen molar-refractivity contribution in [3.05, 3.63) is 0 Å². The van der Waals surface area contributed by atoms with E-state index < -0.39 is 40.3 Å². The van der Waals surface area contributed by atoms with E-state index in [-0.39, 0.29) is 32.4 Å². The summed E-state index contributed by atoms with van der Waals surface area (Å²) in [7, 11) is -4.86. The summed E-state index contributed by atoms with van der Waals surface area (Å²) in [5.74, 6) is 3.98. The number of hydroxylamine groups is 2. The smallest absolute Gasteiger partial charge is 0.330 e. The molecule has 0 unspecified atom stereocenters. The SMILES string of the molecule is NCCC(=O)N(N)C(=O)[C@@H]1CC[C@@H]2CN1C(=O)N2OS(=O)(=O)O. The number of fused-ring (bicyclic) bond motifs is 2. The Morgan fingerprint density at radius 2 is 2.04 bits per heavy atom. The number of hydrogen-bond acceptors (Lipinski definition) is 8. The Labute approximate surface area is 131 Å². The van der Waals surface area contributed by atoms with Crippen LogP contribution in [0.1, 0.15) is 19.3 Å². The quantitative estimate of drug-likeness (QED) is 0.210. The summed E-state index contributed by atoms with van der Waals surface area (Å²) in [5, 5.41) is 0.919. The molecule has 0 aromatic carbocycles. The first kappa shape index (κ1) is 17.6. The molecule has 2 atom stereocenters. The highest BCUT2D eigenvalue weighted by Gasteiger charge is 2.50. The van der Waals surface area contributed by atoms with Crippen molar-refractivity contribution in [2.24, 2.45) is 11.6 Å². The number of hydrogen-bond donors (Lipinski definition) is 3. The van der Waals surface area contributed by atoms with Gasteiger partial charge in [0.15, 0.2) is 0 Å². The van der Waals surface area contributed by atoms with E-state index in [0.717, 1.165) is 4.90 Å². The summed E-state index contributed by atoms with van der Waals surface area (Å²) < 4.78 is 34.5. The molecular formula is C10H17N5O7S. The number of amides is 4. The number of carbonyl (C=O) groups excluding carboxylic acids is 3. The molecule has 2 bridgehead atoms. The first-order valence-electron chi connectivity index (χ1n) is 6.74. The molecule has 0 aromatic heterocycles. The Balaban J connectivity index is 2.12. The van der Waals surface area contributed by atoms with Crippen LogP contribution in [-0.4, -0.2) is 71.0 Å². The zero-order valence-electron chi connectivity index (χ0n) is 12.0. The number of urea groups is 1. The predicted octanol–water partition coefficient (Wildman–Crippen LogP) is -2.43. The predicted molar refractivity (Wildman–Crippen MR) is 73.1 cm³/mol. The van der Waals surface area contributed by atoms with Crippen LogP contribution < -0.4 is 11.6 Å². The van der Waals surface area contributed by atoms with Crippen molar-refractivity contribution in [2.45, 2.75) is 31.3 Å². The second kappa shape index (κ2) is 6.37. The van der Waals surface area contributed by atoms with E-state index in [4.69, 9.17) is 16.1 Å². The van der Waals surface area contributed by atoms with Crippen LogP contribution in [0.5, 0.6) is 0 Å². The molecule has 0 radical (unpaired) electrons. The molecule has 2 fully saturated rings. The van der Waals surface area contributed by atoms with Gasteiger partial charge in [0.25, 0.3) is 5.91 Å². The summed E-state index contributed by atoms with van der Waals surface area (Å²) in [6.45, 7) is 0.0366. The third kappa shape index (κ3) is 3.59. The van der Waals surface area contributed by atoms with Gasteiger partial charge in [0, 0.05) is 19.5 Å². The lowest BCUT2D eigenvalue weighted by Crippen LogP contribution is -2.55. The molecule has 2 rings (SSSR count). The normalized spacial score (nSPS) is 24.0. The van der Waals surface area contributed by atoms with Crippen LogP contribution in [0.4, 0.5) is 4.79 Å². The van der Waals surface area contributed by atoms with E-state index in [1.165, 1.54) is 0 Å². The van der Waals surface area contributed by atoms with Crippen molar-refractivity contribution in [1.82, 2.24) is 15.0 Å². The lowest BCUT2D eigenvalue weighted by molar-refractivity contribution is -0.148. The van der Waals surface area contributed by atoms with Crippen LogP contribution in [0.15, 0.2) is 0 Å². The first-order valence-corrected chi connectivity index (χ1v) is 8.10. The molecule has 130 valence electrons. The highest BCUT2D eigenvalue weighted by atomic mass is 32.3. The van der Waals surface area contributed by atoms with Crippen molar-refractivity contribution in [2.75, 3.05) is 13.1 Å². The van der Waals surface area contributed by atoms with Gasteiger partial charge in [-0.05, 0) is 12.8 Å². The maximum atomic E-state index is 12.3. The molecule has 0 aliphatic carbocycles. The second-order valence-corrected chi connectivity index (χ2v) is 6.16. The van der Waals surface area contributed by atoms with Gasteiger partial charge in [0.05, 0.1) is 6.04 Å². The molecule has 23 heavy (non-hydrogen) atoms. The molecule has 0 aromatic rings. The van der Waals surface area contributed by atoms with Gasteiger partial charge in [-0.15, -0.1) is 4.28 Å². The van der Waals surface area contributed by atoms with Crippen LogP contribution in [0.25, 0.3) is 0 Å². The zero-order chi connectivity index (χ0) is 17.4. The van der Waals surface area contributed by atoms with E-state index in [0.29, 0.717) is 10.1 Å². The molecule has 5 N–H and O–H groups in total. The molecule has 0 spiro atoms. The first-order chi connectivity index (χ1) is 10.7. The summed E-state index contributed by atoms with van der Waals surface area (Å²) in [5.41, 5.74) is 5.22. The Morgan fingerprint density at radius 1 is 1.39 bits per heavy atom. The van der Waals surface area contributed by atoms with E-state index in [1.807, 2.05) is 0 Å². The van der Waals surface area contributed by atoms with Crippen LogP contribution in [-0.2, 0) is 24.3 Å². The summed E-state index contributed by atoms with van der Waals surface area (Å²) in [4.78, 5) is 37.1. The summed E-state index contributed by atoms with van der Waals surface area (Å²) in [6, 6.07) is -2.54. The third-order valence-corrected chi connectivity index (χ3v) is 4.00. The number of imide groups is 1. The van der Waals surface area contributed by atoms with Crippen LogP contribution in [0, 0.1) is 0 Å². The minimum Gasteiger partial charge on any atom is -0.330 e. The molecule has 2 heterocycles. The average molecular weight is 351 g/mol. The van der Waals surface area contributed by atoms with Crippen molar-refractivity contribution in [3.63, 3.8) is 0 Å². The second-order valence-electron chi connectivity index (χ2n) is 5.15. The number of nitrogens with two attached hydrogens (primary N) is 2. The maximum absolute atomic E-state index is 12.3. The Kier molecular flexibility index (Phi) is 4.86. The van der Waals surface area contributed by atoms with Crippen LogP contribution in [0.3, 0.4) is 0 Å². The molecule has 4 amide bonds. The van der Waals surface area contributed by atoms with Gasteiger partial charge in [-0.25, -0.2) is 15.6 Å². The highest BCUT2D eigenvalue weighted by molar-refractivity contribution is 7.80. The average Bonchev–Trinajstić information content (AvgIpc) is 2.70. The van der Waals surface area contributed by atoms with Gasteiger partial charge in [-0.3, -0.25) is 14.1 Å². The molecular weight excluding hydrogens is 334 g/mol. The minimum atomic E-state index is -4.86. The molecule has 2 aliphatic heterocycles. The molecule has 0 saturated carbocycles. The van der Waals surface area contributed by atoms with Crippen molar-refractivity contribution < 1.29 is 31.6 Å². The summed E-state index contributed by atoms with van der Waals surface area (Å²) in [6.07, 6.45) is 0.292. The van der Waals surface area contributed by atoms with Gasteiger partial charge in [-0.2, -0.15) is 13.5 Å². The van der Waals surface area contributed by atoms with Gasteiger partial charge in [0.1, 0.15) is 6.04 Å². The van der Waals surface area contributed by atoms with Crippen LogP contribution >= 0.6 is 0 Å². The Morgan fingerprint density at radius 3 is 2.61 bits per heavy atom. The number of hydrazine groups is 1. The maximum Gasteiger partial charge on any atom is 0.418 e. The highest BCUT2D eigenvalue weighted by Crippen LogP contribution is 2.31. The van der Waals surface area contributed by atoms with E-state index in [9.17, 15) is 22.8 Å². The van der Waals surface area contributed by atoms with Gasteiger partial charge < -0.3 is 10.6 Å². The fourth-order valence-electron chi connectivity index (χ4n) is 2.62. The largest absolute Gasteiger partial charge is 0.418 e. The topological polar surface area (TPSA) is 177 Å². The molecule has 2 saturated heterocycles. The monoisotopic (exact) mass is 351 g/mol. The van der Waals surface area contributed by atoms with Crippen molar-refractivity contribution >= 4 is 28.2 Å². The molecule has 2 aliphatic rings. The number of carbonyl (C=O) groups is 3. The molecule has 13 heteroatoms. The van der Waals surface area contributed by atoms with E-state index in [1.54, 1.807) is 0 Å². The third-order valence-electron chi connectivity index (χ3n) is 3.65. The fourth-order valence-corrected chi connectivity index (χ4v) is 3.00. The van der Waals surface area contributed by atoms with Crippen molar-refractivity contribution in [1.29, 1.82) is 0 Å². The Bertz CT molecular complexity index is 623. The Hall–Kier alpha value is -1.80. The fraction of sp³-hybridized carbons (Fsp3) is 0.700. The van der Waals surface area contributed by atoms with E-state index in [2.05, 4.69) is 4.28 Å². The number of rotatable bonds is 5. The summed E-state index contributed by atoms with van der Waals surface area (Å²) >= 11 is 0. The van der Waals surface area contributed by atoms with Crippen molar-refractivity contribution in [3.8, 4) is 0 Å². The van der Waals surface area contributed by atoms with Gasteiger partial charge in [-0.1, -0.05) is 0 Å². The molecule has 12 nitrogen and oxygen atoms in total. The number of nitrogens with zero attached hydrogens (tertiary/aromatic N) is 3. The standard InChI is InChI=1S/C10H17N5O7S/c11-4-3-8(16)14(12)9(17)7-2-1-6-5-13(7)10(18)15(6)22-23(19,20)21/h6-7H,1-5,11-12H2,(H,19,20,21)/t6-,7+/m1/s1. The lowest BCUT2D eigenvalue weighted by Gasteiger charge is -2.31. The van der Waals surface area contributed by atoms with Crippen LogP contribution in [0.2, 0.25) is 0 Å². The lowest BCUT2D eigenvalue weighted by atomic mass is 10.00. The van der Waals surface area contributed by atoms with Gasteiger partial charge >= 0.3 is 16.4 Å². The van der Waals surface area contributed by atoms with Gasteiger partial charge in [0.2, 0.25) is 5.91 Å². The van der Waals surface area contributed by atoms with E-state index >= 15 is 0 Å².